The molecule has 1 saturated carbocycles. The van der Waals surface area contributed by atoms with Gasteiger partial charge < -0.3 is 5.73 Å². The molecular formula is C11H23N. The molecule has 2 atom stereocenters. The maximum Gasteiger partial charge on any atom is 0.0159 e. The smallest absolute Gasteiger partial charge is 0.0159 e. The van der Waals surface area contributed by atoms with Gasteiger partial charge in [-0.15, -0.1) is 0 Å². The van der Waals surface area contributed by atoms with Gasteiger partial charge in [-0.05, 0) is 31.1 Å². The van der Waals surface area contributed by atoms with E-state index >= 15 is 0 Å². The van der Waals surface area contributed by atoms with Crippen LogP contribution in [0.4, 0.5) is 0 Å². The van der Waals surface area contributed by atoms with Crippen LogP contribution in [0, 0.1) is 11.8 Å². The van der Waals surface area contributed by atoms with Gasteiger partial charge >= 0.3 is 0 Å². The van der Waals surface area contributed by atoms with E-state index in [1.165, 1.54) is 32.1 Å². The van der Waals surface area contributed by atoms with Gasteiger partial charge in [0.05, 0.1) is 0 Å². The van der Waals surface area contributed by atoms with Crippen molar-refractivity contribution in [1.82, 2.24) is 0 Å². The van der Waals surface area contributed by atoms with Crippen LogP contribution < -0.4 is 5.73 Å². The van der Waals surface area contributed by atoms with E-state index < -0.39 is 0 Å². The number of rotatable bonds is 2. The molecule has 1 heteroatoms. The minimum Gasteiger partial charge on any atom is -0.325 e. The van der Waals surface area contributed by atoms with E-state index in [1.54, 1.807) is 0 Å². The molecule has 0 aliphatic heterocycles. The molecule has 0 amide bonds. The summed E-state index contributed by atoms with van der Waals surface area (Å²) in [5.41, 5.74) is 6.52. The molecule has 0 aromatic rings. The van der Waals surface area contributed by atoms with Crippen molar-refractivity contribution >= 4 is 0 Å². The number of hydrogen-bond donors (Lipinski definition) is 1. The van der Waals surface area contributed by atoms with Crippen LogP contribution in [-0.4, -0.2) is 5.54 Å². The van der Waals surface area contributed by atoms with Crippen LogP contribution in [-0.2, 0) is 0 Å². The molecule has 2 unspecified atom stereocenters. The monoisotopic (exact) mass is 169 g/mol. The van der Waals surface area contributed by atoms with Crippen LogP contribution in [0.5, 0.6) is 0 Å². The average molecular weight is 169 g/mol. The minimum atomic E-state index is 0.172. The standard InChI is InChI=1S/C11H23N/c1-9(2)7-11(12)6-4-5-10(3)8-11/h9-10H,4-8,12H2,1-3H3. The molecule has 1 aliphatic rings. The Bertz CT molecular complexity index is 138. The van der Waals surface area contributed by atoms with E-state index in [0.717, 1.165) is 11.8 Å². The van der Waals surface area contributed by atoms with Crippen molar-refractivity contribution < 1.29 is 0 Å². The summed E-state index contributed by atoms with van der Waals surface area (Å²) in [5.74, 6) is 1.60. The Balaban J connectivity index is 2.45. The Kier molecular flexibility index (Phi) is 3.16. The molecule has 0 spiro atoms. The Morgan fingerprint density at radius 2 is 2.17 bits per heavy atom. The summed E-state index contributed by atoms with van der Waals surface area (Å²) in [6.07, 6.45) is 6.42. The van der Waals surface area contributed by atoms with Crippen LogP contribution in [0.15, 0.2) is 0 Å². The Morgan fingerprint density at radius 3 is 2.67 bits per heavy atom. The summed E-state index contributed by atoms with van der Waals surface area (Å²) in [4.78, 5) is 0. The van der Waals surface area contributed by atoms with Gasteiger partial charge in [-0.2, -0.15) is 0 Å². The zero-order valence-electron chi connectivity index (χ0n) is 8.77. The van der Waals surface area contributed by atoms with Crippen molar-refractivity contribution in [3.8, 4) is 0 Å². The SMILES string of the molecule is CC(C)CC1(N)CCCC(C)C1. The van der Waals surface area contributed by atoms with Crippen LogP contribution in [0.2, 0.25) is 0 Å². The fourth-order valence-electron chi connectivity index (χ4n) is 2.70. The second-order valence-corrected chi connectivity index (χ2v) is 5.16. The number of nitrogens with two attached hydrogens (primary N) is 1. The van der Waals surface area contributed by atoms with Gasteiger partial charge in [0.2, 0.25) is 0 Å². The van der Waals surface area contributed by atoms with E-state index in [1.807, 2.05) is 0 Å². The minimum absolute atomic E-state index is 0.172. The molecule has 0 radical (unpaired) electrons. The summed E-state index contributed by atoms with van der Waals surface area (Å²) in [5, 5.41) is 0. The third kappa shape index (κ3) is 2.78. The molecule has 2 N–H and O–H groups in total. The van der Waals surface area contributed by atoms with E-state index in [-0.39, 0.29) is 5.54 Å². The lowest BCUT2D eigenvalue weighted by molar-refractivity contribution is 0.204. The molecule has 12 heavy (non-hydrogen) atoms. The topological polar surface area (TPSA) is 26.0 Å². The van der Waals surface area contributed by atoms with Gasteiger partial charge in [0.25, 0.3) is 0 Å². The van der Waals surface area contributed by atoms with E-state index in [2.05, 4.69) is 20.8 Å². The Labute approximate surface area is 76.7 Å². The second-order valence-electron chi connectivity index (χ2n) is 5.16. The first-order valence-electron chi connectivity index (χ1n) is 5.31. The summed E-state index contributed by atoms with van der Waals surface area (Å²) in [6, 6.07) is 0. The predicted octanol–water partition coefficient (Wildman–Crippen LogP) is 2.94. The van der Waals surface area contributed by atoms with Gasteiger partial charge in [-0.25, -0.2) is 0 Å². The molecule has 1 aliphatic carbocycles. The number of hydrogen-bond acceptors (Lipinski definition) is 1. The van der Waals surface area contributed by atoms with Crippen molar-refractivity contribution in [1.29, 1.82) is 0 Å². The molecule has 72 valence electrons. The lowest BCUT2D eigenvalue weighted by Crippen LogP contribution is -2.44. The zero-order chi connectivity index (χ0) is 9.19. The largest absolute Gasteiger partial charge is 0.325 e. The van der Waals surface area contributed by atoms with Crippen LogP contribution in [0.3, 0.4) is 0 Å². The first kappa shape index (κ1) is 10.0. The van der Waals surface area contributed by atoms with Crippen molar-refractivity contribution in [2.45, 2.75) is 58.4 Å². The first-order chi connectivity index (χ1) is 5.52. The highest BCUT2D eigenvalue weighted by molar-refractivity contribution is 4.90. The molecule has 0 saturated heterocycles. The zero-order valence-corrected chi connectivity index (χ0v) is 8.77. The van der Waals surface area contributed by atoms with Crippen molar-refractivity contribution in [2.24, 2.45) is 17.6 Å². The molecule has 1 nitrogen and oxygen atoms in total. The molecule has 1 rings (SSSR count). The van der Waals surface area contributed by atoms with Crippen molar-refractivity contribution in [2.75, 3.05) is 0 Å². The first-order valence-corrected chi connectivity index (χ1v) is 5.31. The lowest BCUT2D eigenvalue weighted by Gasteiger charge is -2.38. The summed E-state index contributed by atoms with van der Waals surface area (Å²) in [6.45, 7) is 6.88. The van der Waals surface area contributed by atoms with Gasteiger partial charge in [-0.1, -0.05) is 33.6 Å². The Hall–Kier alpha value is -0.0400. The summed E-state index contributed by atoms with van der Waals surface area (Å²) < 4.78 is 0. The highest BCUT2D eigenvalue weighted by Gasteiger charge is 2.31. The summed E-state index contributed by atoms with van der Waals surface area (Å²) >= 11 is 0. The van der Waals surface area contributed by atoms with Crippen LogP contribution >= 0.6 is 0 Å². The highest BCUT2D eigenvalue weighted by Crippen LogP contribution is 2.34. The highest BCUT2D eigenvalue weighted by atomic mass is 14.7. The molecule has 0 aromatic carbocycles. The van der Waals surface area contributed by atoms with Crippen molar-refractivity contribution in [3.63, 3.8) is 0 Å². The quantitative estimate of drug-likeness (QED) is 0.675. The maximum atomic E-state index is 6.35. The van der Waals surface area contributed by atoms with Gasteiger partial charge in [-0.3, -0.25) is 0 Å². The average Bonchev–Trinajstić information content (AvgIpc) is 1.82. The van der Waals surface area contributed by atoms with E-state index in [9.17, 15) is 0 Å². The fourth-order valence-corrected chi connectivity index (χ4v) is 2.70. The normalized spacial score (nSPS) is 37.2. The Morgan fingerprint density at radius 1 is 1.50 bits per heavy atom. The van der Waals surface area contributed by atoms with Gasteiger partial charge in [0.15, 0.2) is 0 Å². The van der Waals surface area contributed by atoms with Crippen LogP contribution in [0.25, 0.3) is 0 Å². The fraction of sp³-hybridized carbons (Fsp3) is 1.00. The van der Waals surface area contributed by atoms with Gasteiger partial charge in [0.1, 0.15) is 0 Å². The maximum absolute atomic E-state index is 6.35. The molecule has 1 fully saturated rings. The second kappa shape index (κ2) is 3.78. The van der Waals surface area contributed by atoms with Gasteiger partial charge in [0, 0.05) is 5.54 Å². The molecule has 0 aromatic heterocycles. The summed E-state index contributed by atoms with van der Waals surface area (Å²) in [7, 11) is 0. The lowest BCUT2D eigenvalue weighted by atomic mass is 9.73. The van der Waals surface area contributed by atoms with E-state index in [4.69, 9.17) is 5.73 Å². The molecular weight excluding hydrogens is 146 g/mol. The molecule has 0 heterocycles. The predicted molar refractivity (Wildman–Crippen MR) is 54.0 cm³/mol. The van der Waals surface area contributed by atoms with E-state index in [0.29, 0.717) is 0 Å². The molecule has 0 bridgehead atoms. The van der Waals surface area contributed by atoms with Crippen molar-refractivity contribution in [3.05, 3.63) is 0 Å². The third-order valence-corrected chi connectivity index (χ3v) is 2.94. The van der Waals surface area contributed by atoms with Crippen LogP contribution in [0.1, 0.15) is 52.9 Å². The third-order valence-electron chi connectivity index (χ3n) is 2.94.